The molecule has 18 heavy (non-hydrogen) atoms. The molecule has 1 aliphatic heterocycles. The van der Waals surface area contributed by atoms with Crippen molar-refractivity contribution < 1.29 is 9.47 Å². The van der Waals surface area contributed by atoms with Crippen LogP contribution in [-0.4, -0.2) is 54.8 Å². The van der Waals surface area contributed by atoms with Crippen LogP contribution in [0.5, 0.6) is 0 Å². The second-order valence-electron chi connectivity index (χ2n) is 4.42. The van der Waals surface area contributed by atoms with Gasteiger partial charge in [0.25, 0.3) is 5.56 Å². The van der Waals surface area contributed by atoms with E-state index in [0.29, 0.717) is 24.7 Å². The van der Waals surface area contributed by atoms with Crippen LogP contribution in [0.1, 0.15) is 17.6 Å². The van der Waals surface area contributed by atoms with Crippen molar-refractivity contribution >= 4 is 0 Å². The van der Waals surface area contributed by atoms with Gasteiger partial charge >= 0.3 is 0 Å². The minimum Gasteiger partial charge on any atom is -0.383 e. The fourth-order valence-electron chi connectivity index (χ4n) is 2.05. The van der Waals surface area contributed by atoms with E-state index in [1.54, 1.807) is 7.11 Å². The molecule has 2 heterocycles. The van der Waals surface area contributed by atoms with Gasteiger partial charge in [0.15, 0.2) is 0 Å². The van der Waals surface area contributed by atoms with E-state index in [1.807, 2.05) is 6.92 Å². The summed E-state index contributed by atoms with van der Waals surface area (Å²) in [7, 11) is 1.69. The van der Waals surface area contributed by atoms with Crippen LogP contribution >= 0.6 is 0 Å². The number of rotatable bonds is 4. The Morgan fingerprint density at radius 2 is 2.50 bits per heavy atom. The maximum Gasteiger partial charge on any atom is 0.251 e. The smallest absolute Gasteiger partial charge is 0.251 e. The van der Waals surface area contributed by atoms with Gasteiger partial charge in [0.2, 0.25) is 0 Å². The van der Waals surface area contributed by atoms with Gasteiger partial charge in [-0.3, -0.25) is 9.69 Å². The highest BCUT2D eigenvalue weighted by Crippen LogP contribution is 2.18. The first-order valence-corrected chi connectivity index (χ1v) is 6.10. The monoisotopic (exact) mass is 253 g/mol. The summed E-state index contributed by atoms with van der Waals surface area (Å²) in [4.78, 5) is 20.8. The van der Waals surface area contributed by atoms with E-state index in [9.17, 15) is 4.79 Å². The summed E-state index contributed by atoms with van der Waals surface area (Å²) in [5, 5.41) is 0. The lowest BCUT2D eigenvalue weighted by atomic mass is 10.2. The number of nitrogens with one attached hydrogen (secondary N) is 1. The number of aromatic amines is 1. The zero-order valence-electron chi connectivity index (χ0n) is 10.8. The van der Waals surface area contributed by atoms with Crippen LogP contribution in [0, 0.1) is 6.92 Å². The van der Waals surface area contributed by atoms with Gasteiger partial charge in [-0.05, 0) is 6.92 Å². The number of aryl methyl sites for hydroxylation is 1. The summed E-state index contributed by atoms with van der Waals surface area (Å²) in [6.07, 6.45) is -0.164. The normalized spacial score (nSPS) is 21.1. The van der Waals surface area contributed by atoms with E-state index < -0.39 is 0 Å². The average Bonchev–Trinajstić information content (AvgIpc) is 2.35. The topological polar surface area (TPSA) is 67.5 Å². The molecule has 1 aromatic heterocycles. The average molecular weight is 253 g/mol. The first-order valence-electron chi connectivity index (χ1n) is 6.10. The molecule has 0 spiro atoms. The summed E-state index contributed by atoms with van der Waals surface area (Å²) in [5.41, 5.74) is 0.585. The highest BCUT2D eigenvalue weighted by molar-refractivity contribution is 5.03. The molecular formula is C12H19N3O3. The standard InChI is InChI=1S/C12H19N3O3/c1-9-7-11(16)14-12(13-9)10-8-15(3-5-17-2)4-6-18-10/h7,10H,3-6,8H2,1-2H3,(H,13,14,16)/t10-/m0/s1. The van der Waals surface area contributed by atoms with Crippen molar-refractivity contribution in [3.63, 3.8) is 0 Å². The molecule has 0 amide bonds. The molecule has 1 aromatic rings. The molecule has 100 valence electrons. The van der Waals surface area contributed by atoms with E-state index in [-0.39, 0.29) is 11.7 Å². The Labute approximate surface area is 106 Å². The Hall–Kier alpha value is -1.24. The summed E-state index contributed by atoms with van der Waals surface area (Å²) in [6, 6.07) is 1.48. The van der Waals surface area contributed by atoms with Crippen LogP contribution in [0.25, 0.3) is 0 Å². The van der Waals surface area contributed by atoms with Gasteiger partial charge in [-0.25, -0.2) is 4.98 Å². The minimum atomic E-state index is -0.164. The number of H-pyrrole nitrogens is 1. The Morgan fingerprint density at radius 1 is 1.67 bits per heavy atom. The third kappa shape index (κ3) is 3.38. The lowest BCUT2D eigenvalue weighted by Gasteiger charge is -2.32. The molecule has 1 aliphatic rings. The van der Waals surface area contributed by atoms with Crippen molar-refractivity contribution in [2.24, 2.45) is 0 Å². The SMILES string of the molecule is COCCN1CCO[C@H](c2nc(C)cc(=O)[nH]2)C1. The van der Waals surface area contributed by atoms with Crippen LogP contribution in [-0.2, 0) is 9.47 Å². The summed E-state index contributed by atoms with van der Waals surface area (Å²) < 4.78 is 10.7. The number of methoxy groups -OCH3 is 1. The molecular weight excluding hydrogens is 234 g/mol. The minimum absolute atomic E-state index is 0.130. The van der Waals surface area contributed by atoms with Crippen molar-refractivity contribution in [2.75, 3.05) is 40.0 Å². The zero-order chi connectivity index (χ0) is 13.0. The highest BCUT2D eigenvalue weighted by Gasteiger charge is 2.23. The quantitative estimate of drug-likeness (QED) is 0.824. The molecule has 1 N–H and O–H groups in total. The highest BCUT2D eigenvalue weighted by atomic mass is 16.5. The van der Waals surface area contributed by atoms with Gasteiger partial charge < -0.3 is 14.5 Å². The third-order valence-electron chi connectivity index (χ3n) is 2.96. The second kappa shape index (κ2) is 6.08. The Balaban J connectivity index is 2.05. The van der Waals surface area contributed by atoms with E-state index in [4.69, 9.17) is 9.47 Å². The van der Waals surface area contributed by atoms with Crippen LogP contribution in [0.4, 0.5) is 0 Å². The second-order valence-corrected chi connectivity index (χ2v) is 4.42. The summed E-state index contributed by atoms with van der Waals surface area (Å²) in [6.45, 7) is 5.64. The molecule has 2 rings (SSSR count). The Bertz CT molecular complexity index is 446. The van der Waals surface area contributed by atoms with Gasteiger partial charge in [-0.2, -0.15) is 0 Å². The molecule has 1 atom stereocenters. The number of hydrogen-bond donors (Lipinski definition) is 1. The van der Waals surface area contributed by atoms with Gasteiger partial charge in [-0.1, -0.05) is 0 Å². The number of ether oxygens (including phenoxy) is 2. The molecule has 0 saturated carbocycles. The maximum absolute atomic E-state index is 11.4. The molecule has 6 heteroatoms. The van der Waals surface area contributed by atoms with Gasteiger partial charge in [0.1, 0.15) is 11.9 Å². The maximum atomic E-state index is 11.4. The molecule has 0 aliphatic carbocycles. The zero-order valence-corrected chi connectivity index (χ0v) is 10.8. The van der Waals surface area contributed by atoms with Crippen molar-refractivity contribution in [2.45, 2.75) is 13.0 Å². The fourth-order valence-corrected chi connectivity index (χ4v) is 2.05. The number of hydrogen-bond acceptors (Lipinski definition) is 5. The molecule has 0 unspecified atom stereocenters. The molecule has 0 aromatic carbocycles. The Morgan fingerprint density at radius 3 is 3.22 bits per heavy atom. The molecule has 6 nitrogen and oxygen atoms in total. The van der Waals surface area contributed by atoms with E-state index >= 15 is 0 Å². The Kier molecular flexibility index (Phi) is 4.46. The summed E-state index contributed by atoms with van der Waals surface area (Å²) in [5.74, 6) is 0.613. The van der Waals surface area contributed by atoms with Gasteiger partial charge in [0.05, 0.1) is 13.2 Å². The van der Waals surface area contributed by atoms with Gasteiger partial charge in [0, 0.05) is 38.5 Å². The first-order chi connectivity index (χ1) is 8.69. The van der Waals surface area contributed by atoms with Crippen molar-refractivity contribution in [3.05, 3.63) is 27.9 Å². The van der Waals surface area contributed by atoms with E-state index in [1.165, 1.54) is 6.07 Å². The van der Waals surface area contributed by atoms with Crippen LogP contribution < -0.4 is 5.56 Å². The van der Waals surface area contributed by atoms with Crippen molar-refractivity contribution in [1.29, 1.82) is 0 Å². The molecule has 0 radical (unpaired) electrons. The molecule has 0 bridgehead atoms. The van der Waals surface area contributed by atoms with Crippen LogP contribution in [0.2, 0.25) is 0 Å². The lowest BCUT2D eigenvalue weighted by molar-refractivity contribution is -0.0398. The lowest BCUT2D eigenvalue weighted by Crippen LogP contribution is -2.41. The number of morpholine rings is 1. The first kappa shape index (κ1) is 13.2. The summed E-state index contributed by atoms with van der Waals surface area (Å²) >= 11 is 0. The number of nitrogens with zero attached hydrogens (tertiary/aromatic N) is 2. The van der Waals surface area contributed by atoms with Crippen LogP contribution in [0.3, 0.4) is 0 Å². The largest absolute Gasteiger partial charge is 0.383 e. The van der Waals surface area contributed by atoms with E-state index in [0.717, 1.165) is 19.6 Å². The van der Waals surface area contributed by atoms with Crippen molar-refractivity contribution in [3.8, 4) is 0 Å². The van der Waals surface area contributed by atoms with Crippen LogP contribution in [0.15, 0.2) is 10.9 Å². The number of aromatic nitrogens is 2. The predicted molar refractivity (Wildman–Crippen MR) is 66.6 cm³/mol. The molecule has 1 fully saturated rings. The fraction of sp³-hybridized carbons (Fsp3) is 0.667. The van der Waals surface area contributed by atoms with Gasteiger partial charge in [-0.15, -0.1) is 0 Å². The van der Waals surface area contributed by atoms with E-state index in [2.05, 4.69) is 14.9 Å². The predicted octanol–water partition coefficient (Wildman–Crippen LogP) is 0.0980. The molecule has 1 saturated heterocycles. The third-order valence-corrected chi connectivity index (χ3v) is 2.96. The van der Waals surface area contributed by atoms with Crippen molar-refractivity contribution in [1.82, 2.24) is 14.9 Å².